The lowest BCUT2D eigenvalue weighted by atomic mass is 9.99. The summed E-state index contributed by atoms with van der Waals surface area (Å²) in [5.74, 6) is 0.188. The van der Waals surface area contributed by atoms with Crippen LogP contribution in [-0.2, 0) is 16.0 Å². The first-order valence-electron chi connectivity index (χ1n) is 8.38. The summed E-state index contributed by atoms with van der Waals surface area (Å²) in [5, 5.41) is 31.6. The molecule has 2 heterocycles. The van der Waals surface area contributed by atoms with Crippen molar-refractivity contribution in [3.05, 3.63) is 23.9 Å². The fraction of sp³-hybridized carbons (Fsp3) is 0.625. The Morgan fingerprint density at radius 1 is 1.42 bits per heavy atom. The first-order valence-corrected chi connectivity index (χ1v) is 9.43. The number of thioether (sulfide) groups is 1. The molecule has 1 aliphatic rings. The second-order valence-corrected chi connectivity index (χ2v) is 7.25. The maximum atomic E-state index is 12.2. The van der Waals surface area contributed by atoms with Crippen molar-refractivity contribution in [1.82, 2.24) is 4.98 Å². The van der Waals surface area contributed by atoms with Crippen molar-refractivity contribution < 1.29 is 24.9 Å². The minimum absolute atomic E-state index is 0.179. The summed E-state index contributed by atoms with van der Waals surface area (Å²) in [5.41, 5.74) is 12.1. The van der Waals surface area contributed by atoms with Crippen LogP contribution in [0.5, 0.6) is 0 Å². The quantitative estimate of drug-likeness (QED) is 0.324. The van der Waals surface area contributed by atoms with Crippen molar-refractivity contribution >= 4 is 23.5 Å². The molecule has 9 nitrogen and oxygen atoms in total. The second kappa shape index (κ2) is 9.60. The number of carbonyl (C=O) groups is 1. The average molecular weight is 386 g/mol. The van der Waals surface area contributed by atoms with Gasteiger partial charge in [-0.15, -0.1) is 11.8 Å². The summed E-state index contributed by atoms with van der Waals surface area (Å²) in [6, 6.07) is 1.87. The number of nitrogens with zero attached hydrogens (tertiary/aromatic N) is 1. The largest absolute Gasteiger partial charge is 0.394 e. The fourth-order valence-corrected chi connectivity index (χ4v) is 3.61. The van der Waals surface area contributed by atoms with Crippen LogP contribution >= 0.6 is 11.8 Å². The van der Waals surface area contributed by atoms with Crippen LogP contribution in [0.25, 0.3) is 0 Å². The van der Waals surface area contributed by atoms with E-state index >= 15 is 0 Å². The summed E-state index contributed by atoms with van der Waals surface area (Å²) in [7, 11) is 0. The van der Waals surface area contributed by atoms with Gasteiger partial charge in [0.15, 0.2) is 0 Å². The number of aromatic nitrogens is 1. The van der Waals surface area contributed by atoms with E-state index in [1.807, 2.05) is 13.0 Å². The van der Waals surface area contributed by atoms with E-state index in [-0.39, 0.29) is 5.75 Å². The fourth-order valence-electron chi connectivity index (χ4n) is 2.45. The molecule has 0 aromatic carbocycles. The van der Waals surface area contributed by atoms with Crippen LogP contribution in [-0.4, -0.2) is 74.4 Å². The normalized spacial score (nSPS) is 30.0. The van der Waals surface area contributed by atoms with Crippen molar-refractivity contribution in [3.63, 3.8) is 0 Å². The molecule has 146 valence electrons. The molecule has 0 spiro atoms. The number of aliphatic hydroxyl groups is 3. The van der Waals surface area contributed by atoms with Gasteiger partial charge in [-0.05, 0) is 18.1 Å². The number of nitrogens with one attached hydrogen (secondary N) is 1. The highest BCUT2D eigenvalue weighted by Crippen LogP contribution is 2.27. The number of anilines is 1. The second-order valence-electron chi connectivity index (χ2n) is 6.12. The molecule has 0 aliphatic carbocycles. The van der Waals surface area contributed by atoms with E-state index in [1.54, 1.807) is 12.3 Å². The highest BCUT2D eigenvalue weighted by atomic mass is 32.2. The molecule has 6 atom stereocenters. The molecular formula is C16H26N4O5S. The molecule has 8 N–H and O–H groups in total. The van der Waals surface area contributed by atoms with Gasteiger partial charge in [-0.2, -0.15) is 0 Å². The zero-order valence-electron chi connectivity index (χ0n) is 14.5. The molecule has 1 aliphatic heterocycles. The van der Waals surface area contributed by atoms with Gasteiger partial charge in [0.05, 0.1) is 18.7 Å². The number of amides is 1. The Morgan fingerprint density at radius 3 is 2.73 bits per heavy atom. The summed E-state index contributed by atoms with van der Waals surface area (Å²) >= 11 is 1.15. The summed E-state index contributed by atoms with van der Waals surface area (Å²) < 4.78 is 5.48. The molecular weight excluding hydrogens is 360 g/mol. The third-order valence-corrected chi connectivity index (χ3v) is 5.49. The molecule has 0 saturated carbocycles. The monoisotopic (exact) mass is 386 g/mol. The van der Waals surface area contributed by atoms with E-state index in [1.165, 1.54) is 0 Å². The Morgan fingerprint density at radius 2 is 2.15 bits per heavy atom. The Bertz CT molecular complexity index is 589. The first-order chi connectivity index (χ1) is 12.4. The maximum Gasteiger partial charge on any atom is 0.243 e. The van der Waals surface area contributed by atoms with E-state index in [0.717, 1.165) is 23.7 Å². The molecule has 2 rings (SSSR count). The van der Waals surface area contributed by atoms with Crippen molar-refractivity contribution in [2.24, 2.45) is 11.5 Å². The minimum atomic E-state index is -1.26. The molecule has 0 radical (unpaired) electrons. The van der Waals surface area contributed by atoms with Crippen LogP contribution in [0.2, 0.25) is 0 Å². The number of hydrogen-bond donors (Lipinski definition) is 6. The minimum Gasteiger partial charge on any atom is -0.394 e. The SMILES string of the molecule is CCc1ccc(NC(=O)[C@@H](N)CS[C@@H]2O[C@H](CO)C(O)[C@H](O)[C@H]2N)nc1. The number of carbonyl (C=O) groups excluding carboxylic acids is 1. The molecule has 1 aromatic rings. The number of rotatable bonds is 7. The zero-order chi connectivity index (χ0) is 19.3. The van der Waals surface area contributed by atoms with Crippen LogP contribution in [0, 0.1) is 0 Å². The topological polar surface area (TPSA) is 164 Å². The molecule has 10 heteroatoms. The van der Waals surface area contributed by atoms with Crippen LogP contribution in [0.15, 0.2) is 18.3 Å². The Kier molecular flexibility index (Phi) is 7.77. The van der Waals surface area contributed by atoms with Crippen molar-refractivity contribution in [1.29, 1.82) is 0 Å². The number of nitrogens with two attached hydrogens (primary N) is 2. The Hall–Kier alpha value is -1.27. The third-order valence-electron chi connectivity index (χ3n) is 4.19. The number of aryl methyl sites for hydroxylation is 1. The predicted octanol–water partition coefficient (Wildman–Crippen LogP) is -1.59. The molecule has 1 aromatic heterocycles. The average Bonchev–Trinajstić information content (AvgIpc) is 2.66. The lowest BCUT2D eigenvalue weighted by Crippen LogP contribution is -2.61. The van der Waals surface area contributed by atoms with Gasteiger partial charge in [-0.3, -0.25) is 4.79 Å². The third kappa shape index (κ3) is 5.13. The number of aliphatic hydroxyl groups excluding tert-OH is 3. The van der Waals surface area contributed by atoms with E-state index in [2.05, 4.69) is 10.3 Å². The number of pyridine rings is 1. The summed E-state index contributed by atoms with van der Waals surface area (Å²) in [6.45, 7) is 1.56. The molecule has 1 unspecified atom stereocenters. The van der Waals surface area contributed by atoms with Crippen LogP contribution in [0.4, 0.5) is 5.82 Å². The van der Waals surface area contributed by atoms with Gasteiger partial charge in [-0.1, -0.05) is 13.0 Å². The van der Waals surface area contributed by atoms with Crippen LogP contribution in [0.3, 0.4) is 0 Å². The van der Waals surface area contributed by atoms with E-state index in [0.29, 0.717) is 5.82 Å². The lowest BCUT2D eigenvalue weighted by molar-refractivity contribution is -0.165. The van der Waals surface area contributed by atoms with E-state index in [4.69, 9.17) is 16.2 Å². The summed E-state index contributed by atoms with van der Waals surface area (Å²) in [4.78, 5) is 16.3. The van der Waals surface area contributed by atoms with Gasteiger partial charge < -0.3 is 36.8 Å². The standard InChI is InChI=1S/C16H26N4O5S/c1-2-8-3-4-11(19-5-8)20-15(24)9(17)7-26-16-12(18)14(23)13(22)10(6-21)25-16/h3-5,9-10,12-14,16,21-23H,2,6-7,17-18H2,1H3,(H,19,20,24)/t9-,10+,12+,13?,14+,16-/m0/s1. The van der Waals surface area contributed by atoms with Gasteiger partial charge in [0, 0.05) is 11.9 Å². The van der Waals surface area contributed by atoms with Gasteiger partial charge >= 0.3 is 0 Å². The molecule has 1 saturated heterocycles. The summed E-state index contributed by atoms with van der Waals surface area (Å²) in [6.07, 6.45) is -0.889. The highest BCUT2D eigenvalue weighted by molar-refractivity contribution is 7.99. The van der Waals surface area contributed by atoms with E-state index < -0.39 is 48.3 Å². The van der Waals surface area contributed by atoms with Gasteiger partial charge in [-0.25, -0.2) is 4.98 Å². The van der Waals surface area contributed by atoms with Gasteiger partial charge in [0.2, 0.25) is 5.91 Å². The van der Waals surface area contributed by atoms with Crippen LogP contribution < -0.4 is 16.8 Å². The predicted molar refractivity (Wildman–Crippen MR) is 98.4 cm³/mol. The first kappa shape index (κ1) is 21.0. The Balaban J connectivity index is 1.86. The molecule has 26 heavy (non-hydrogen) atoms. The highest BCUT2D eigenvalue weighted by Gasteiger charge is 2.42. The molecule has 1 amide bonds. The number of hydrogen-bond acceptors (Lipinski definition) is 9. The number of ether oxygens (including phenoxy) is 1. The molecule has 0 bridgehead atoms. The lowest BCUT2D eigenvalue weighted by Gasteiger charge is -2.40. The molecule has 1 fully saturated rings. The van der Waals surface area contributed by atoms with Crippen molar-refractivity contribution in [2.45, 2.75) is 49.2 Å². The smallest absolute Gasteiger partial charge is 0.243 e. The zero-order valence-corrected chi connectivity index (χ0v) is 15.3. The van der Waals surface area contributed by atoms with Crippen LogP contribution in [0.1, 0.15) is 12.5 Å². The van der Waals surface area contributed by atoms with Gasteiger partial charge in [0.25, 0.3) is 0 Å². The van der Waals surface area contributed by atoms with Gasteiger partial charge in [0.1, 0.15) is 29.6 Å². The van der Waals surface area contributed by atoms with Crippen molar-refractivity contribution in [2.75, 3.05) is 17.7 Å². The van der Waals surface area contributed by atoms with Crippen molar-refractivity contribution in [3.8, 4) is 0 Å². The maximum absolute atomic E-state index is 12.2. The Labute approximate surface area is 156 Å². The van der Waals surface area contributed by atoms with E-state index in [9.17, 15) is 20.1 Å².